The number of hydrogen-bond acceptors (Lipinski definition) is 4. The molecule has 0 spiro atoms. The van der Waals surface area contributed by atoms with Crippen LogP contribution in [0.5, 0.6) is 0 Å². The number of nitrogens with zero attached hydrogens (tertiary/aromatic N) is 2. The monoisotopic (exact) mass is 402 g/mol. The molecule has 28 heavy (non-hydrogen) atoms. The molecule has 1 heterocycles. The number of rotatable bonds is 4. The van der Waals surface area contributed by atoms with Crippen molar-refractivity contribution in [3.8, 4) is 0 Å². The lowest BCUT2D eigenvalue weighted by Gasteiger charge is -2.34. The van der Waals surface area contributed by atoms with Crippen LogP contribution in [0.4, 0.5) is 16.2 Å². The number of benzene rings is 2. The molecule has 0 bridgehead atoms. The number of nitrogens with one attached hydrogen (secondary N) is 2. The molecule has 0 radical (unpaired) electrons. The minimum atomic E-state index is -3.55. The molecule has 148 valence electrons. The number of amides is 3. The van der Waals surface area contributed by atoms with Crippen molar-refractivity contribution in [2.24, 2.45) is 0 Å². The van der Waals surface area contributed by atoms with E-state index in [1.54, 1.807) is 59.5 Å². The van der Waals surface area contributed by atoms with Gasteiger partial charge in [0.25, 0.3) is 0 Å². The quantitative estimate of drug-likeness (QED) is 0.819. The summed E-state index contributed by atoms with van der Waals surface area (Å²) in [4.78, 5) is 25.5. The summed E-state index contributed by atoms with van der Waals surface area (Å²) in [6.45, 7) is 2.47. The molecule has 1 fully saturated rings. The van der Waals surface area contributed by atoms with E-state index >= 15 is 0 Å². The summed E-state index contributed by atoms with van der Waals surface area (Å²) in [5.74, 6) is -0.195. The van der Waals surface area contributed by atoms with Crippen molar-refractivity contribution in [2.75, 3.05) is 36.8 Å². The van der Waals surface area contributed by atoms with Crippen molar-refractivity contribution in [3.63, 3.8) is 0 Å². The standard InChI is InChI=1S/C19H22N4O4S/c1-15(24)20-16-6-5-7-17(14-16)21-19(25)22-10-12-23(13-11-22)28(26,27)18-8-3-2-4-9-18/h2-9,14H,10-13H2,1H3,(H,20,24)(H,21,25). The number of carbonyl (C=O) groups is 2. The fourth-order valence-electron chi connectivity index (χ4n) is 2.95. The van der Waals surface area contributed by atoms with Crippen molar-refractivity contribution in [3.05, 3.63) is 54.6 Å². The molecule has 1 saturated heterocycles. The maximum atomic E-state index is 12.7. The first-order chi connectivity index (χ1) is 13.4. The van der Waals surface area contributed by atoms with Crippen LogP contribution in [0.3, 0.4) is 0 Å². The third-order valence-electron chi connectivity index (χ3n) is 4.34. The Bertz CT molecular complexity index is 955. The topological polar surface area (TPSA) is 98.8 Å². The average molecular weight is 402 g/mol. The van der Waals surface area contributed by atoms with E-state index in [2.05, 4.69) is 10.6 Å². The number of piperazine rings is 1. The van der Waals surface area contributed by atoms with Crippen LogP contribution in [0.15, 0.2) is 59.5 Å². The van der Waals surface area contributed by atoms with Crippen LogP contribution in [0, 0.1) is 0 Å². The van der Waals surface area contributed by atoms with E-state index in [9.17, 15) is 18.0 Å². The molecule has 0 unspecified atom stereocenters. The normalized spacial score (nSPS) is 15.1. The Labute approximate surface area is 164 Å². The molecule has 0 saturated carbocycles. The molecule has 2 aromatic rings. The summed E-state index contributed by atoms with van der Waals surface area (Å²) in [6, 6.07) is 14.8. The van der Waals surface area contributed by atoms with Crippen molar-refractivity contribution in [1.29, 1.82) is 0 Å². The first-order valence-corrected chi connectivity index (χ1v) is 10.3. The molecule has 1 aliphatic rings. The maximum Gasteiger partial charge on any atom is 0.321 e. The van der Waals surface area contributed by atoms with Gasteiger partial charge in [0, 0.05) is 44.5 Å². The average Bonchev–Trinajstić information content (AvgIpc) is 2.68. The molecular weight excluding hydrogens is 380 g/mol. The smallest absolute Gasteiger partial charge is 0.321 e. The van der Waals surface area contributed by atoms with Gasteiger partial charge in [0.2, 0.25) is 15.9 Å². The number of urea groups is 1. The second kappa shape index (κ2) is 8.41. The molecule has 2 aromatic carbocycles. The highest BCUT2D eigenvalue weighted by Gasteiger charge is 2.30. The lowest BCUT2D eigenvalue weighted by atomic mass is 10.2. The number of hydrogen-bond donors (Lipinski definition) is 2. The zero-order valence-corrected chi connectivity index (χ0v) is 16.3. The summed E-state index contributed by atoms with van der Waals surface area (Å²) < 4.78 is 26.7. The van der Waals surface area contributed by atoms with Gasteiger partial charge in [-0.3, -0.25) is 4.79 Å². The van der Waals surface area contributed by atoms with Gasteiger partial charge in [-0.25, -0.2) is 13.2 Å². The Hall–Kier alpha value is -2.91. The Balaban J connectivity index is 1.59. The van der Waals surface area contributed by atoms with E-state index in [1.807, 2.05) is 0 Å². The molecule has 3 amide bonds. The summed E-state index contributed by atoms with van der Waals surface area (Å²) in [5.41, 5.74) is 1.14. The van der Waals surface area contributed by atoms with E-state index in [-0.39, 0.29) is 29.9 Å². The van der Waals surface area contributed by atoms with Crippen LogP contribution in [-0.4, -0.2) is 55.7 Å². The molecule has 0 atom stereocenters. The Morgan fingerprint density at radius 3 is 2.07 bits per heavy atom. The van der Waals surface area contributed by atoms with Crippen molar-refractivity contribution < 1.29 is 18.0 Å². The highest BCUT2D eigenvalue weighted by Crippen LogP contribution is 2.19. The Morgan fingerprint density at radius 1 is 0.857 bits per heavy atom. The minimum absolute atomic E-state index is 0.195. The molecule has 8 nitrogen and oxygen atoms in total. The van der Waals surface area contributed by atoms with E-state index < -0.39 is 10.0 Å². The fourth-order valence-corrected chi connectivity index (χ4v) is 4.40. The van der Waals surface area contributed by atoms with Crippen LogP contribution in [0.25, 0.3) is 0 Å². The van der Waals surface area contributed by atoms with Crippen LogP contribution in [-0.2, 0) is 14.8 Å². The van der Waals surface area contributed by atoms with Gasteiger partial charge < -0.3 is 15.5 Å². The molecule has 1 aliphatic heterocycles. The summed E-state index contributed by atoms with van der Waals surface area (Å²) in [5, 5.41) is 5.44. The first-order valence-electron chi connectivity index (χ1n) is 8.85. The number of carbonyl (C=O) groups excluding carboxylic acids is 2. The van der Waals surface area contributed by atoms with E-state index in [1.165, 1.54) is 11.2 Å². The van der Waals surface area contributed by atoms with Crippen LogP contribution in [0.2, 0.25) is 0 Å². The van der Waals surface area contributed by atoms with E-state index in [4.69, 9.17) is 0 Å². The van der Waals surface area contributed by atoms with Gasteiger partial charge in [-0.1, -0.05) is 24.3 Å². The van der Waals surface area contributed by atoms with E-state index in [0.717, 1.165) is 0 Å². The zero-order valence-electron chi connectivity index (χ0n) is 15.5. The summed E-state index contributed by atoms with van der Waals surface area (Å²) in [6.07, 6.45) is 0. The predicted molar refractivity (Wildman–Crippen MR) is 107 cm³/mol. The molecule has 0 aromatic heterocycles. The third-order valence-corrected chi connectivity index (χ3v) is 6.25. The SMILES string of the molecule is CC(=O)Nc1cccc(NC(=O)N2CCN(S(=O)(=O)c3ccccc3)CC2)c1. The highest BCUT2D eigenvalue weighted by atomic mass is 32.2. The number of sulfonamides is 1. The van der Waals surface area contributed by atoms with Gasteiger partial charge in [0.15, 0.2) is 0 Å². The van der Waals surface area contributed by atoms with Gasteiger partial charge in [-0.15, -0.1) is 0 Å². The van der Waals surface area contributed by atoms with Crippen LogP contribution < -0.4 is 10.6 Å². The van der Waals surface area contributed by atoms with Crippen LogP contribution in [0.1, 0.15) is 6.92 Å². The number of anilines is 2. The Morgan fingerprint density at radius 2 is 1.46 bits per heavy atom. The predicted octanol–water partition coefficient (Wildman–Crippen LogP) is 2.18. The molecular formula is C19H22N4O4S. The first kappa shape index (κ1) is 19.8. The van der Waals surface area contributed by atoms with Crippen molar-refractivity contribution >= 4 is 33.3 Å². The minimum Gasteiger partial charge on any atom is -0.326 e. The fraction of sp³-hybridized carbons (Fsp3) is 0.263. The van der Waals surface area contributed by atoms with Gasteiger partial charge in [0.05, 0.1) is 4.90 Å². The van der Waals surface area contributed by atoms with Gasteiger partial charge in [0.1, 0.15) is 0 Å². The lowest BCUT2D eigenvalue weighted by Crippen LogP contribution is -2.51. The summed E-state index contributed by atoms with van der Waals surface area (Å²) in [7, 11) is -3.55. The van der Waals surface area contributed by atoms with Crippen molar-refractivity contribution in [1.82, 2.24) is 9.21 Å². The summed E-state index contributed by atoms with van der Waals surface area (Å²) >= 11 is 0. The van der Waals surface area contributed by atoms with Gasteiger partial charge in [-0.05, 0) is 30.3 Å². The van der Waals surface area contributed by atoms with E-state index in [0.29, 0.717) is 24.5 Å². The molecule has 3 rings (SSSR count). The lowest BCUT2D eigenvalue weighted by molar-refractivity contribution is -0.114. The second-order valence-electron chi connectivity index (χ2n) is 6.40. The highest BCUT2D eigenvalue weighted by molar-refractivity contribution is 7.89. The Kier molecular flexibility index (Phi) is 5.96. The molecule has 2 N–H and O–H groups in total. The maximum absolute atomic E-state index is 12.7. The second-order valence-corrected chi connectivity index (χ2v) is 8.33. The molecule has 0 aliphatic carbocycles. The zero-order chi connectivity index (χ0) is 20.1. The largest absolute Gasteiger partial charge is 0.326 e. The van der Waals surface area contributed by atoms with Gasteiger partial charge in [-0.2, -0.15) is 4.31 Å². The van der Waals surface area contributed by atoms with Crippen LogP contribution >= 0.6 is 0 Å². The van der Waals surface area contributed by atoms with Gasteiger partial charge >= 0.3 is 6.03 Å². The molecule has 9 heteroatoms. The van der Waals surface area contributed by atoms with Crippen molar-refractivity contribution in [2.45, 2.75) is 11.8 Å². The third kappa shape index (κ3) is 4.68.